The average Bonchev–Trinajstić information content (AvgIpc) is 2.61. The quantitative estimate of drug-likeness (QED) is 0.796. The maximum Gasteiger partial charge on any atom is 0.0728 e. The molecule has 2 N–H and O–H groups in total. The van der Waals surface area contributed by atoms with Gasteiger partial charge in [0.05, 0.1) is 11.9 Å². The maximum atomic E-state index is 6.27. The number of nitrogens with zero attached hydrogens (tertiary/aromatic N) is 3. The lowest BCUT2D eigenvalue weighted by Gasteiger charge is -2.21. The molecule has 2 rings (SSSR count). The highest BCUT2D eigenvalue weighted by Crippen LogP contribution is 2.30. The number of hydrogen-bond donors (Lipinski definition) is 1. The second-order valence-corrected chi connectivity index (χ2v) is 4.79. The first-order valence-corrected chi connectivity index (χ1v) is 6.47. The molecule has 1 saturated carbocycles. The molecule has 1 aliphatic carbocycles. The van der Waals surface area contributed by atoms with Crippen molar-refractivity contribution in [2.75, 3.05) is 0 Å². The molecule has 2 unspecified atom stereocenters. The Bertz CT molecular complexity index is 321. The van der Waals surface area contributed by atoms with Gasteiger partial charge >= 0.3 is 0 Å². The van der Waals surface area contributed by atoms with Gasteiger partial charge < -0.3 is 5.73 Å². The van der Waals surface area contributed by atoms with Crippen LogP contribution in [0.25, 0.3) is 0 Å². The minimum Gasteiger partial charge on any atom is -0.327 e. The molecule has 1 heterocycles. The van der Waals surface area contributed by atoms with Crippen molar-refractivity contribution in [1.82, 2.24) is 15.0 Å². The summed E-state index contributed by atoms with van der Waals surface area (Å²) in [6, 6.07) is 0.289. The molecule has 16 heavy (non-hydrogen) atoms. The third-order valence-corrected chi connectivity index (χ3v) is 3.53. The number of hydrogen-bond acceptors (Lipinski definition) is 3. The van der Waals surface area contributed by atoms with Gasteiger partial charge in [-0.25, -0.2) is 4.68 Å². The Balaban J connectivity index is 2.16. The van der Waals surface area contributed by atoms with E-state index >= 15 is 0 Å². The molecule has 0 spiro atoms. The maximum absolute atomic E-state index is 6.27. The smallest absolute Gasteiger partial charge is 0.0728 e. The Morgan fingerprint density at radius 3 is 3.00 bits per heavy atom. The molecule has 90 valence electrons. The Morgan fingerprint density at radius 1 is 1.38 bits per heavy atom. The topological polar surface area (TPSA) is 56.7 Å². The van der Waals surface area contributed by atoms with Crippen molar-refractivity contribution >= 4 is 0 Å². The van der Waals surface area contributed by atoms with E-state index in [1.165, 1.54) is 31.4 Å². The standard InChI is InChI=1S/C12H22N4/c1-2-8-16-12(9-14-15-16)10-6-4-3-5-7-11(10)13/h9-11H,2-8,13H2,1H3. The van der Waals surface area contributed by atoms with Gasteiger partial charge in [0.15, 0.2) is 0 Å². The lowest BCUT2D eigenvalue weighted by Crippen LogP contribution is -2.29. The van der Waals surface area contributed by atoms with Crippen LogP contribution in [0.1, 0.15) is 57.1 Å². The van der Waals surface area contributed by atoms with Gasteiger partial charge in [-0.1, -0.05) is 31.4 Å². The Labute approximate surface area is 97.2 Å². The average molecular weight is 222 g/mol. The predicted molar refractivity (Wildman–Crippen MR) is 64.1 cm³/mol. The van der Waals surface area contributed by atoms with Crippen LogP contribution in [0.3, 0.4) is 0 Å². The Kier molecular flexibility index (Phi) is 3.93. The van der Waals surface area contributed by atoms with Crippen LogP contribution in [-0.4, -0.2) is 21.0 Å². The predicted octanol–water partition coefficient (Wildman–Crippen LogP) is 2.06. The van der Waals surface area contributed by atoms with Crippen LogP contribution in [0.4, 0.5) is 0 Å². The first-order valence-electron chi connectivity index (χ1n) is 6.47. The molecular formula is C12H22N4. The van der Waals surface area contributed by atoms with Crippen molar-refractivity contribution in [2.45, 2.75) is 64.0 Å². The highest BCUT2D eigenvalue weighted by atomic mass is 15.4. The van der Waals surface area contributed by atoms with E-state index in [1.54, 1.807) is 0 Å². The zero-order valence-electron chi connectivity index (χ0n) is 10.1. The van der Waals surface area contributed by atoms with E-state index in [0.717, 1.165) is 19.4 Å². The normalized spacial score (nSPS) is 26.6. The summed E-state index contributed by atoms with van der Waals surface area (Å²) in [7, 11) is 0. The van der Waals surface area contributed by atoms with E-state index in [1.807, 2.05) is 10.9 Å². The number of aryl methyl sites for hydroxylation is 1. The summed E-state index contributed by atoms with van der Waals surface area (Å²) >= 11 is 0. The molecule has 4 heteroatoms. The Morgan fingerprint density at radius 2 is 2.19 bits per heavy atom. The molecule has 1 aromatic heterocycles. The second kappa shape index (κ2) is 5.43. The molecule has 2 atom stereocenters. The van der Waals surface area contributed by atoms with Crippen LogP contribution in [-0.2, 0) is 6.54 Å². The molecule has 1 aliphatic rings. The van der Waals surface area contributed by atoms with Crippen LogP contribution in [0.15, 0.2) is 6.20 Å². The highest BCUT2D eigenvalue weighted by Gasteiger charge is 2.25. The third-order valence-electron chi connectivity index (χ3n) is 3.53. The summed E-state index contributed by atoms with van der Waals surface area (Å²) in [6.45, 7) is 3.12. The summed E-state index contributed by atoms with van der Waals surface area (Å²) in [4.78, 5) is 0. The third kappa shape index (κ3) is 2.43. The lowest BCUT2D eigenvalue weighted by atomic mass is 9.92. The summed E-state index contributed by atoms with van der Waals surface area (Å²) in [6.07, 6.45) is 9.21. The fourth-order valence-corrected chi connectivity index (χ4v) is 2.64. The van der Waals surface area contributed by atoms with E-state index in [0.29, 0.717) is 5.92 Å². The number of aromatic nitrogens is 3. The van der Waals surface area contributed by atoms with Crippen LogP contribution in [0.5, 0.6) is 0 Å². The van der Waals surface area contributed by atoms with Crippen molar-refractivity contribution < 1.29 is 0 Å². The van der Waals surface area contributed by atoms with Crippen molar-refractivity contribution in [3.8, 4) is 0 Å². The van der Waals surface area contributed by atoms with Crippen molar-refractivity contribution in [2.24, 2.45) is 5.73 Å². The van der Waals surface area contributed by atoms with Gasteiger partial charge in [0, 0.05) is 18.5 Å². The van der Waals surface area contributed by atoms with Gasteiger partial charge in [0.25, 0.3) is 0 Å². The molecule has 0 saturated heterocycles. The molecule has 1 fully saturated rings. The molecular weight excluding hydrogens is 200 g/mol. The van der Waals surface area contributed by atoms with Gasteiger partial charge in [-0.3, -0.25) is 0 Å². The summed E-state index contributed by atoms with van der Waals surface area (Å²) in [5, 5.41) is 8.20. The number of nitrogens with two attached hydrogens (primary N) is 1. The molecule has 1 aromatic rings. The number of rotatable bonds is 3. The van der Waals surface area contributed by atoms with Crippen molar-refractivity contribution in [3.63, 3.8) is 0 Å². The van der Waals surface area contributed by atoms with Gasteiger partial charge in [0.2, 0.25) is 0 Å². The summed E-state index contributed by atoms with van der Waals surface area (Å²) in [5.41, 5.74) is 7.51. The lowest BCUT2D eigenvalue weighted by molar-refractivity contribution is 0.452. The van der Waals surface area contributed by atoms with Crippen molar-refractivity contribution in [3.05, 3.63) is 11.9 Å². The SMILES string of the molecule is CCCn1nncc1C1CCCCCC1N. The molecule has 0 amide bonds. The van der Waals surface area contributed by atoms with E-state index in [2.05, 4.69) is 17.2 Å². The Hall–Kier alpha value is -0.900. The van der Waals surface area contributed by atoms with Crippen LogP contribution >= 0.6 is 0 Å². The first kappa shape index (κ1) is 11.6. The zero-order chi connectivity index (χ0) is 11.4. The fourth-order valence-electron chi connectivity index (χ4n) is 2.64. The highest BCUT2D eigenvalue weighted by molar-refractivity contribution is 5.07. The van der Waals surface area contributed by atoms with Gasteiger partial charge in [-0.05, 0) is 19.3 Å². The van der Waals surface area contributed by atoms with E-state index in [4.69, 9.17) is 5.73 Å². The van der Waals surface area contributed by atoms with E-state index in [9.17, 15) is 0 Å². The molecule has 0 aromatic carbocycles. The second-order valence-electron chi connectivity index (χ2n) is 4.79. The molecule has 0 bridgehead atoms. The van der Waals surface area contributed by atoms with Crippen LogP contribution < -0.4 is 5.73 Å². The van der Waals surface area contributed by atoms with E-state index < -0.39 is 0 Å². The molecule has 0 aliphatic heterocycles. The monoisotopic (exact) mass is 222 g/mol. The summed E-state index contributed by atoms with van der Waals surface area (Å²) in [5.74, 6) is 0.462. The van der Waals surface area contributed by atoms with Gasteiger partial charge in [0.1, 0.15) is 0 Å². The summed E-state index contributed by atoms with van der Waals surface area (Å²) < 4.78 is 2.04. The fraction of sp³-hybridized carbons (Fsp3) is 0.833. The minimum atomic E-state index is 0.289. The first-order chi connectivity index (χ1) is 7.83. The molecule has 0 radical (unpaired) electrons. The minimum absolute atomic E-state index is 0.289. The zero-order valence-corrected chi connectivity index (χ0v) is 10.1. The largest absolute Gasteiger partial charge is 0.327 e. The van der Waals surface area contributed by atoms with Gasteiger partial charge in [-0.15, -0.1) is 5.10 Å². The van der Waals surface area contributed by atoms with Crippen LogP contribution in [0, 0.1) is 0 Å². The van der Waals surface area contributed by atoms with Crippen molar-refractivity contribution in [1.29, 1.82) is 0 Å². The van der Waals surface area contributed by atoms with E-state index in [-0.39, 0.29) is 6.04 Å². The van der Waals surface area contributed by atoms with Gasteiger partial charge in [-0.2, -0.15) is 0 Å². The molecule has 4 nitrogen and oxygen atoms in total. The van der Waals surface area contributed by atoms with Crippen LogP contribution in [0.2, 0.25) is 0 Å².